The van der Waals surface area contributed by atoms with Crippen LogP contribution in [0.2, 0.25) is 0 Å². The van der Waals surface area contributed by atoms with Gasteiger partial charge in [-0.05, 0) is 126 Å². The molecule has 6 atom stereocenters. The van der Waals surface area contributed by atoms with Crippen molar-refractivity contribution in [2.75, 3.05) is 0 Å². The molecule has 1 aliphatic heterocycles. The Hall–Kier alpha value is -5.15. The molecule has 0 bridgehead atoms. The molecule has 7 aliphatic rings. The lowest BCUT2D eigenvalue weighted by atomic mass is 9.61. The molecule has 9 rings (SSSR count). The molecular weight excluding hydrogens is 643 g/mol. The van der Waals surface area contributed by atoms with Crippen molar-refractivity contribution in [3.63, 3.8) is 0 Å². The van der Waals surface area contributed by atoms with Crippen molar-refractivity contribution in [1.82, 2.24) is 5.32 Å². The summed E-state index contributed by atoms with van der Waals surface area (Å²) >= 11 is 0. The SMILES string of the molecule is CCC1=CC(C2=C3C=CC=CC3C(C3=CCC(C4CCCC=C4C(N)=NC4NC=CC=C4C4=CCCC=C4)c4ccccc43)c3ccccc32)CC=C1. The van der Waals surface area contributed by atoms with Crippen LogP contribution < -0.4 is 11.1 Å². The van der Waals surface area contributed by atoms with E-state index in [2.05, 4.69) is 146 Å². The summed E-state index contributed by atoms with van der Waals surface area (Å²) in [6.07, 6.45) is 43.2. The van der Waals surface area contributed by atoms with Gasteiger partial charge >= 0.3 is 0 Å². The van der Waals surface area contributed by atoms with E-state index in [1.807, 2.05) is 6.20 Å². The number of hydrogen-bond acceptors (Lipinski definition) is 2. The molecular formula is C50H51N3. The summed E-state index contributed by atoms with van der Waals surface area (Å²) in [6.45, 7) is 2.27. The molecule has 0 spiro atoms. The van der Waals surface area contributed by atoms with Crippen molar-refractivity contribution in [2.24, 2.45) is 28.5 Å². The molecule has 0 aromatic heterocycles. The number of fused-ring (bicyclic) bond motifs is 3. The normalized spacial score (nSPS) is 28.8. The first-order chi connectivity index (χ1) is 26.2. The molecule has 6 unspecified atom stereocenters. The van der Waals surface area contributed by atoms with Crippen molar-refractivity contribution in [3.8, 4) is 0 Å². The van der Waals surface area contributed by atoms with Crippen LogP contribution in [-0.4, -0.2) is 12.0 Å². The third-order valence-corrected chi connectivity index (χ3v) is 12.6. The number of nitrogens with two attached hydrogens (primary N) is 1. The molecule has 0 amide bonds. The Morgan fingerprint density at radius 3 is 2.55 bits per heavy atom. The van der Waals surface area contributed by atoms with Crippen molar-refractivity contribution >= 4 is 17.0 Å². The van der Waals surface area contributed by atoms with E-state index in [0.29, 0.717) is 29.5 Å². The lowest BCUT2D eigenvalue weighted by molar-refractivity contribution is 0.432. The van der Waals surface area contributed by atoms with E-state index in [4.69, 9.17) is 10.7 Å². The van der Waals surface area contributed by atoms with Crippen molar-refractivity contribution in [3.05, 3.63) is 190 Å². The summed E-state index contributed by atoms with van der Waals surface area (Å²) in [5.41, 5.74) is 22.4. The van der Waals surface area contributed by atoms with Crippen LogP contribution >= 0.6 is 0 Å². The fourth-order valence-corrected chi connectivity index (χ4v) is 10.2. The van der Waals surface area contributed by atoms with E-state index in [1.165, 1.54) is 67.7 Å². The number of benzene rings is 2. The Kier molecular flexibility index (Phi) is 9.34. The minimum Gasteiger partial charge on any atom is -0.384 e. The van der Waals surface area contributed by atoms with Crippen molar-refractivity contribution < 1.29 is 0 Å². The first-order valence-corrected chi connectivity index (χ1v) is 20.1. The van der Waals surface area contributed by atoms with Gasteiger partial charge in [0.05, 0.1) is 0 Å². The summed E-state index contributed by atoms with van der Waals surface area (Å²) in [6, 6.07) is 18.6. The minimum atomic E-state index is -0.188. The standard InChI is InChI=1S/C50H51N3/c1-2-33-16-14-19-35(32-33)47-41-23-9-11-25-43(41)48(44-26-12-10-24-42(44)47)45-30-29-40(37-20-6-7-21-38(37)45)39-22-8-13-27-46(39)49(51)53-50-36(28-15-31-52-50)34-17-4-3-5-18-34/h4,6-7,9-12,14-18,20-21,23-28,30-32,35,39-40,43,48,50,52H,2-3,5,8,13,19,22,29H2,1H3,(H2,51,53). The van der Waals surface area contributed by atoms with Crippen LogP contribution in [0.15, 0.2) is 173 Å². The molecule has 0 radical (unpaired) electrons. The molecule has 53 heavy (non-hydrogen) atoms. The van der Waals surface area contributed by atoms with E-state index in [1.54, 1.807) is 0 Å². The van der Waals surface area contributed by atoms with Gasteiger partial charge in [0, 0.05) is 23.3 Å². The first kappa shape index (κ1) is 33.7. The van der Waals surface area contributed by atoms with Crippen LogP contribution in [0.1, 0.15) is 92.4 Å². The van der Waals surface area contributed by atoms with E-state index >= 15 is 0 Å². The highest BCUT2D eigenvalue weighted by molar-refractivity contribution is 5.98. The zero-order chi connectivity index (χ0) is 35.7. The summed E-state index contributed by atoms with van der Waals surface area (Å²) < 4.78 is 0. The minimum absolute atomic E-state index is 0.188. The molecule has 0 saturated carbocycles. The van der Waals surface area contributed by atoms with Crippen LogP contribution in [-0.2, 0) is 0 Å². The topological polar surface area (TPSA) is 50.4 Å². The average Bonchev–Trinajstić information content (AvgIpc) is 3.23. The van der Waals surface area contributed by atoms with Crippen LogP contribution in [0.3, 0.4) is 0 Å². The van der Waals surface area contributed by atoms with Gasteiger partial charge in [-0.25, -0.2) is 4.99 Å². The number of hydrogen-bond donors (Lipinski definition) is 2. The Morgan fingerprint density at radius 2 is 1.68 bits per heavy atom. The summed E-state index contributed by atoms with van der Waals surface area (Å²) in [5.74, 6) is 2.31. The quantitative estimate of drug-likeness (QED) is 0.224. The fraction of sp³-hybridized carbons (Fsp3) is 0.300. The van der Waals surface area contributed by atoms with Gasteiger partial charge in [0.25, 0.3) is 0 Å². The molecule has 0 saturated heterocycles. The molecule has 1 heterocycles. The smallest absolute Gasteiger partial charge is 0.147 e. The first-order valence-electron chi connectivity index (χ1n) is 20.1. The molecule has 0 fully saturated rings. The summed E-state index contributed by atoms with van der Waals surface area (Å²) in [7, 11) is 0. The second kappa shape index (κ2) is 14.7. The zero-order valence-electron chi connectivity index (χ0n) is 30.9. The van der Waals surface area contributed by atoms with Crippen LogP contribution in [0, 0.1) is 17.8 Å². The predicted octanol–water partition coefficient (Wildman–Crippen LogP) is 11.5. The van der Waals surface area contributed by atoms with Gasteiger partial charge < -0.3 is 11.1 Å². The Bertz CT molecular complexity index is 2170. The maximum absolute atomic E-state index is 7.06. The zero-order valence-corrected chi connectivity index (χ0v) is 30.9. The molecule has 3 heteroatoms. The summed E-state index contributed by atoms with van der Waals surface area (Å²) in [4.78, 5) is 5.21. The Labute approximate surface area is 316 Å². The van der Waals surface area contributed by atoms with E-state index in [0.717, 1.165) is 44.9 Å². The number of nitrogens with zero attached hydrogens (tertiary/aromatic N) is 1. The van der Waals surface area contributed by atoms with Gasteiger partial charge in [-0.3, -0.25) is 0 Å². The molecule has 2 aromatic rings. The van der Waals surface area contributed by atoms with Crippen LogP contribution in [0.25, 0.3) is 11.1 Å². The van der Waals surface area contributed by atoms with E-state index in [9.17, 15) is 0 Å². The van der Waals surface area contributed by atoms with Gasteiger partial charge in [0.1, 0.15) is 12.0 Å². The maximum atomic E-state index is 7.06. The Balaban J connectivity index is 1.07. The van der Waals surface area contributed by atoms with Gasteiger partial charge in [0.15, 0.2) is 0 Å². The molecule has 3 N–H and O–H groups in total. The van der Waals surface area contributed by atoms with Crippen LogP contribution in [0.4, 0.5) is 0 Å². The largest absolute Gasteiger partial charge is 0.384 e. The van der Waals surface area contributed by atoms with Crippen LogP contribution in [0.5, 0.6) is 0 Å². The second-order valence-electron chi connectivity index (χ2n) is 15.5. The number of rotatable bonds is 7. The van der Waals surface area contributed by atoms with E-state index in [-0.39, 0.29) is 12.1 Å². The third kappa shape index (κ3) is 6.24. The Morgan fingerprint density at radius 1 is 0.811 bits per heavy atom. The average molecular weight is 694 g/mol. The highest BCUT2D eigenvalue weighted by Gasteiger charge is 2.41. The fourth-order valence-electron chi connectivity index (χ4n) is 10.2. The number of nitrogens with one attached hydrogen (secondary N) is 1. The van der Waals surface area contributed by atoms with Gasteiger partial charge in [0.2, 0.25) is 0 Å². The molecule has 3 nitrogen and oxygen atoms in total. The highest BCUT2D eigenvalue weighted by atomic mass is 15.1. The lowest BCUT2D eigenvalue weighted by Gasteiger charge is -2.42. The second-order valence-corrected chi connectivity index (χ2v) is 15.5. The lowest BCUT2D eigenvalue weighted by Crippen LogP contribution is -2.34. The highest BCUT2D eigenvalue weighted by Crippen LogP contribution is 2.56. The predicted molar refractivity (Wildman–Crippen MR) is 223 cm³/mol. The van der Waals surface area contributed by atoms with Crippen molar-refractivity contribution in [2.45, 2.75) is 76.3 Å². The molecule has 2 aromatic carbocycles. The monoisotopic (exact) mass is 693 g/mol. The van der Waals surface area contributed by atoms with Crippen molar-refractivity contribution in [1.29, 1.82) is 0 Å². The number of dihydropyridines is 1. The number of aliphatic imine (C=N–C) groups is 1. The van der Waals surface area contributed by atoms with E-state index < -0.39 is 0 Å². The van der Waals surface area contributed by atoms with Gasteiger partial charge in [-0.15, -0.1) is 0 Å². The number of amidine groups is 1. The summed E-state index contributed by atoms with van der Waals surface area (Å²) in [5, 5.41) is 3.50. The number of allylic oxidation sites excluding steroid dienone is 18. The maximum Gasteiger partial charge on any atom is 0.147 e. The molecule has 6 aliphatic carbocycles. The van der Waals surface area contributed by atoms with Gasteiger partial charge in [-0.1, -0.05) is 140 Å². The molecule has 266 valence electrons. The van der Waals surface area contributed by atoms with Gasteiger partial charge in [-0.2, -0.15) is 0 Å². The third-order valence-electron chi connectivity index (χ3n) is 12.6.